The normalized spacial score (nSPS) is 9.43. The van der Waals surface area contributed by atoms with Crippen LogP contribution in [0.3, 0.4) is 0 Å². The van der Waals surface area contributed by atoms with Crippen LogP contribution in [0.15, 0.2) is 0 Å². The summed E-state index contributed by atoms with van der Waals surface area (Å²) in [5.74, 6) is 3.38. The van der Waals surface area contributed by atoms with Gasteiger partial charge in [-0.1, -0.05) is 35.4 Å². The van der Waals surface area contributed by atoms with E-state index in [-0.39, 0.29) is 0 Å². The summed E-state index contributed by atoms with van der Waals surface area (Å²) in [5.41, 5.74) is 0. The summed E-state index contributed by atoms with van der Waals surface area (Å²) in [6.07, 6.45) is 1.28. The Balaban J connectivity index is 2.45. The summed E-state index contributed by atoms with van der Waals surface area (Å²) in [5, 5.41) is 0. The van der Waals surface area contributed by atoms with Crippen molar-refractivity contribution in [1.82, 2.24) is 0 Å². The topological polar surface area (TPSA) is 0 Å². The van der Waals surface area contributed by atoms with Gasteiger partial charge in [0.2, 0.25) is 0 Å². The molecule has 43 valence electrons. The molecule has 0 aromatic rings. The molecule has 0 amide bonds. The Bertz CT molecular complexity index is 25.3. The third kappa shape index (κ3) is 6.70. The molecular weight excluding hydrogens is 124 g/mol. The third-order valence-corrected chi connectivity index (χ3v) is 2.84. The van der Waals surface area contributed by atoms with E-state index in [1.807, 2.05) is 21.6 Å². The molecule has 0 aliphatic carbocycles. The van der Waals surface area contributed by atoms with Crippen molar-refractivity contribution in [2.75, 3.05) is 5.75 Å². The fraction of sp³-hybridized carbons (Fsp3) is 0.800. The quantitative estimate of drug-likeness (QED) is 0.429. The Hall–Kier alpha value is 0.700. The van der Waals surface area contributed by atoms with Crippen molar-refractivity contribution in [3.8, 4) is 0 Å². The molecule has 0 nitrogen and oxygen atoms in total. The number of rotatable bonds is 4. The van der Waals surface area contributed by atoms with Gasteiger partial charge in [0.25, 0.3) is 0 Å². The van der Waals surface area contributed by atoms with Crippen molar-refractivity contribution in [2.45, 2.75) is 20.3 Å². The molecule has 0 atom stereocenters. The molecule has 0 saturated carbocycles. The fourth-order valence-electron chi connectivity index (χ4n) is 0.199. The SMILES string of the molecule is C[CH]SSCCC. The van der Waals surface area contributed by atoms with Gasteiger partial charge in [-0.3, -0.25) is 0 Å². The van der Waals surface area contributed by atoms with E-state index < -0.39 is 0 Å². The molecule has 0 saturated heterocycles. The maximum Gasteiger partial charge on any atom is 0.0247 e. The monoisotopic (exact) mass is 135 g/mol. The van der Waals surface area contributed by atoms with Crippen LogP contribution in [0.4, 0.5) is 0 Å². The number of hydrogen-bond acceptors (Lipinski definition) is 2. The Morgan fingerprint density at radius 1 is 1.57 bits per heavy atom. The first kappa shape index (κ1) is 7.70. The van der Waals surface area contributed by atoms with E-state index in [2.05, 4.69) is 19.6 Å². The van der Waals surface area contributed by atoms with E-state index >= 15 is 0 Å². The van der Waals surface area contributed by atoms with E-state index in [1.165, 1.54) is 12.2 Å². The Morgan fingerprint density at radius 3 is 2.71 bits per heavy atom. The lowest BCUT2D eigenvalue weighted by Crippen LogP contribution is -1.64. The molecule has 0 N–H and O–H groups in total. The third-order valence-electron chi connectivity index (χ3n) is 0.452. The minimum atomic E-state index is 1.27. The highest BCUT2D eigenvalue weighted by atomic mass is 33.1. The van der Waals surface area contributed by atoms with Crippen molar-refractivity contribution < 1.29 is 0 Å². The van der Waals surface area contributed by atoms with Crippen molar-refractivity contribution in [3.63, 3.8) is 0 Å². The van der Waals surface area contributed by atoms with Crippen LogP contribution in [0, 0.1) is 5.75 Å². The van der Waals surface area contributed by atoms with Gasteiger partial charge in [0.1, 0.15) is 0 Å². The zero-order chi connectivity index (χ0) is 5.54. The van der Waals surface area contributed by atoms with E-state index in [0.717, 1.165) is 0 Å². The van der Waals surface area contributed by atoms with Crippen LogP contribution in [-0.4, -0.2) is 5.75 Å². The predicted octanol–water partition coefficient (Wildman–Crippen LogP) is 2.96. The Morgan fingerprint density at radius 2 is 2.29 bits per heavy atom. The highest BCUT2D eigenvalue weighted by molar-refractivity contribution is 8.77. The van der Waals surface area contributed by atoms with Crippen LogP contribution in [0.5, 0.6) is 0 Å². The number of hydrogen-bond donors (Lipinski definition) is 0. The van der Waals surface area contributed by atoms with Crippen molar-refractivity contribution in [3.05, 3.63) is 5.75 Å². The second-order valence-corrected chi connectivity index (χ2v) is 3.75. The fourth-order valence-corrected chi connectivity index (χ4v) is 1.80. The zero-order valence-corrected chi connectivity index (χ0v) is 6.44. The lowest BCUT2D eigenvalue weighted by Gasteiger charge is -1.90. The molecule has 0 aromatic heterocycles. The van der Waals surface area contributed by atoms with E-state index in [9.17, 15) is 0 Å². The molecule has 0 bridgehead atoms. The molecule has 0 rings (SSSR count). The smallest absolute Gasteiger partial charge is 0.0247 e. The summed E-state index contributed by atoms with van der Waals surface area (Å²) in [4.78, 5) is 0. The van der Waals surface area contributed by atoms with Crippen LogP contribution in [-0.2, 0) is 0 Å². The molecule has 0 aliphatic heterocycles. The molecule has 0 heterocycles. The maximum absolute atomic E-state index is 2.20. The first-order valence-electron chi connectivity index (χ1n) is 2.48. The highest BCUT2D eigenvalue weighted by Gasteiger charge is 1.80. The average molecular weight is 135 g/mol. The molecule has 0 aliphatic rings. The predicted molar refractivity (Wildman–Crippen MR) is 40.3 cm³/mol. The minimum Gasteiger partial charge on any atom is -0.0939 e. The van der Waals surface area contributed by atoms with Gasteiger partial charge < -0.3 is 0 Å². The molecule has 0 spiro atoms. The second-order valence-electron chi connectivity index (χ2n) is 1.15. The lowest BCUT2D eigenvalue weighted by molar-refractivity contribution is 1.11. The van der Waals surface area contributed by atoms with Gasteiger partial charge in [-0.25, -0.2) is 0 Å². The molecular formula is C5H11S2. The zero-order valence-electron chi connectivity index (χ0n) is 4.81. The highest BCUT2D eigenvalue weighted by Crippen LogP contribution is 2.23. The van der Waals surface area contributed by atoms with Gasteiger partial charge in [0, 0.05) is 11.5 Å². The molecule has 0 fully saturated rings. The molecule has 2 heteroatoms. The first-order valence-corrected chi connectivity index (χ1v) is 4.86. The van der Waals surface area contributed by atoms with Gasteiger partial charge in [0.05, 0.1) is 0 Å². The van der Waals surface area contributed by atoms with Crippen molar-refractivity contribution in [1.29, 1.82) is 0 Å². The summed E-state index contributed by atoms with van der Waals surface area (Å²) in [7, 11) is 3.74. The maximum atomic E-state index is 2.20. The van der Waals surface area contributed by atoms with Gasteiger partial charge in [-0.05, 0) is 6.42 Å². The second kappa shape index (κ2) is 6.70. The standard InChI is InChI=1S/C5H11S2/c1-3-5-7-6-4-2/h4H,3,5H2,1-2H3. The molecule has 0 unspecified atom stereocenters. The summed E-state index contributed by atoms with van der Waals surface area (Å²) in [6, 6.07) is 0. The lowest BCUT2D eigenvalue weighted by atomic mass is 10.6. The minimum absolute atomic E-state index is 1.27. The molecule has 1 radical (unpaired) electrons. The van der Waals surface area contributed by atoms with Gasteiger partial charge in [-0.15, -0.1) is 0 Å². The van der Waals surface area contributed by atoms with Gasteiger partial charge in [-0.2, -0.15) is 0 Å². The largest absolute Gasteiger partial charge is 0.0939 e. The van der Waals surface area contributed by atoms with Crippen LogP contribution < -0.4 is 0 Å². The van der Waals surface area contributed by atoms with E-state index in [0.29, 0.717) is 0 Å². The van der Waals surface area contributed by atoms with Crippen LogP contribution in [0.25, 0.3) is 0 Å². The van der Waals surface area contributed by atoms with Crippen molar-refractivity contribution >= 4 is 21.6 Å². The molecule has 7 heavy (non-hydrogen) atoms. The summed E-state index contributed by atoms with van der Waals surface area (Å²) in [6.45, 7) is 4.26. The first-order chi connectivity index (χ1) is 3.41. The Labute approximate surface area is 53.8 Å². The van der Waals surface area contributed by atoms with E-state index in [1.54, 1.807) is 0 Å². The van der Waals surface area contributed by atoms with Crippen LogP contribution in [0.2, 0.25) is 0 Å². The van der Waals surface area contributed by atoms with E-state index in [4.69, 9.17) is 0 Å². The van der Waals surface area contributed by atoms with Crippen molar-refractivity contribution in [2.24, 2.45) is 0 Å². The summed E-state index contributed by atoms with van der Waals surface area (Å²) >= 11 is 0. The van der Waals surface area contributed by atoms with Crippen LogP contribution >= 0.6 is 21.6 Å². The summed E-state index contributed by atoms with van der Waals surface area (Å²) < 4.78 is 0. The van der Waals surface area contributed by atoms with Gasteiger partial charge >= 0.3 is 0 Å². The van der Waals surface area contributed by atoms with Crippen LogP contribution in [0.1, 0.15) is 20.3 Å². The van der Waals surface area contributed by atoms with Gasteiger partial charge in [0.15, 0.2) is 0 Å². The molecule has 0 aromatic carbocycles. The Kier molecular flexibility index (Phi) is 7.37. The average Bonchev–Trinajstić information content (AvgIpc) is 1.69.